The maximum Gasteiger partial charge on any atom is 0.573 e. The summed E-state index contributed by atoms with van der Waals surface area (Å²) in [4.78, 5) is 0. The highest BCUT2D eigenvalue weighted by molar-refractivity contribution is 5.40. The minimum absolute atomic E-state index is 0.138. The van der Waals surface area contributed by atoms with Crippen LogP contribution in [0.5, 0.6) is 11.5 Å². The van der Waals surface area contributed by atoms with E-state index in [2.05, 4.69) is 4.74 Å². The van der Waals surface area contributed by atoms with Crippen LogP contribution >= 0.6 is 0 Å². The fourth-order valence-electron chi connectivity index (χ4n) is 1.71. The van der Waals surface area contributed by atoms with Gasteiger partial charge in [-0.15, -0.1) is 13.2 Å². The molecule has 0 atom stereocenters. The van der Waals surface area contributed by atoms with Crippen molar-refractivity contribution in [1.29, 1.82) is 0 Å². The summed E-state index contributed by atoms with van der Waals surface area (Å²) in [5.41, 5.74) is 0.383. The van der Waals surface area contributed by atoms with Crippen molar-refractivity contribution in [2.24, 2.45) is 0 Å². The van der Waals surface area contributed by atoms with Gasteiger partial charge in [-0.3, -0.25) is 0 Å². The van der Waals surface area contributed by atoms with E-state index in [-0.39, 0.29) is 18.0 Å². The molecule has 1 aromatic carbocycles. The van der Waals surface area contributed by atoms with Gasteiger partial charge in [-0.05, 0) is 18.6 Å². The van der Waals surface area contributed by atoms with Crippen LogP contribution < -0.4 is 9.47 Å². The van der Waals surface area contributed by atoms with Crippen molar-refractivity contribution in [3.8, 4) is 11.5 Å². The molecule has 1 fully saturated rings. The van der Waals surface area contributed by atoms with Crippen LogP contribution in [0, 0.1) is 6.92 Å². The quantitative estimate of drug-likeness (QED) is 0.910. The van der Waals surface area contributed by atoms with Crippen molar-refractivity contribution in [3.63, 3.8) is 0 Å². The van der Waals surface area contributed by atoms with Gasteiger partial charge in [0, 0.05) is 18.9 Å². The molecule has 6 heteroatoms. The molecule has 1 aliphatic rings. The van der Waals surface area contributed by atoms with Crippen molar-refractivity contribution < 1.29 is 27.8 Å². The molecule has 0 aromatic heterocycles. The van der Waals surface area contributed by atoms with Crippen LogP contribution in [-0.2, 0) is 0 Å². The maximum absolute atomic E-state index is 12.1. The Bertz CT molecular complexity index is 425. The molecule has 0 radical (unpaired) electrons. The molecule has 100 valence electrons. The second-order valence-corrected chi connectivity index (χ2v) is 4.34. The van der Waals surface area contributed by atoms with Crippen LogP contribution in [0.4, 0.5) is 13.2 Å². The van der Waals surface area contributed by atoms with Gasteiger partial charge in [0.15, 0.2) is 0 Å². The number of rotatable bonds is 3. The lowest BCUT2D eigenvalue weighted by Crippen LogP contribution is -2.37. The Labute approximate surface area is 102 Å². The maximum atomic E-state index is 12.1. The molecule has 1 aromatic rings. The van der Waals surface area contributed by atoms with Crippen LogP contribution in [0.15, 0.2) is 18.2 Å². The molecule has 0 unspecified atom stereocenters. The number of ether oxygens (including phenoxy) is 2. The summed E-state index contributed by atoms with van der Waals surface area (Å²) in [6, 6.07) is 4.31. The molecule has 1 saturated carbocycles. The van der Waals surface area contributed by atoms with E-state index < -0.39 is 6.36 Å². The first-order valence-corrected chi connectivity index (χ1v) is 5.54. The van der Waals surface area contributed by atoms with Gasteiger partial charge in [0.25, 0.3) is 0 Å². The zero-order chi connectivity index (χ0) is 13.3. The van der Waals surface area contributed by atoms with Crippen LogP contribution in [0.1, 0.15) is 18.4 Å². The monoisotopic (exact) mass is 262 g/mol. The molecule has 0 heterocycles. The molecule has 0 saturated heterocycles. The minimum Gasteiger partial charge on any atom is -0.490 e. The fourth-order valence-corrected chi connectivity index (χ4v) is 1.71. The predicted octanol–water partition coefficient (Wildman–Crippen LogP) is 2.80. The Hall–Kier alpha value is -1.43. The average Bonchev–Trinajstić information content (AvgIpc) is 2.18. The largest absolute Gasteiger partial charge is 0.573 e. The summed E-state index contributed by atoms with van der Waals surface area (Å²) in [6.45, 7) is 1.53. The van der Waals surface area contributed by atoms with Crippen molar-refractivity contribution in [3.05, 3.63) is 23.8 Å². The summed E-state index contributed by atoms with van der Waals surface area (Å²) in [7, 11) is 0. The van der Waals surface area contributed by atoms with Gasteiger partial charge in [-0.2, -0.15) is 0 Å². The van der Waals surface area contributed by atoms with E-state index >= 15 is 0 Å². The van der Waals surface area contributed by atoms with Crippen LogP contribution in [0.3, 0.4) is 0 Å². The molecule has 1 aliphatic carbocycles. The standard InChI is InChI=1S/C12H13F3O3/c1-7-2-3-9(17-10-4-8(16)5-10)6-11(7)18-12(13,14)15/h2-3,6,8,10,16H,4-5H2,1H3/t8-,10-. The molecule has 18 heavy (non-hydrogen) atoms. The summed E-state index contributed by atoms with van der Waals surface area (Å²) < 4.78 is 45.8. The van der Waals surface area contributed by atoms with E-state index in [1.165, 1.54) is 19.1 Å². The van der Waals surface area contributed by atoms with Crippen LogP contribution in [0.2, 0.25) is 0 Å². The van der Waals surface area contributed by atoms with Gasteiger partial charge in [-0.1, -0.05) is 6.07 Å². The second kappa shape index (κ2) is 4.68. The lowest BCUT2D eigenvalue weighted by Gasteiger charge is -2.31. The molecule has 0 bridgehead atoms. The number of benzene rings is 1. The van der Waals surface area contributed by atoms with Gasteiger partial charge in [0.05, 0.1) is 6.10 Å². The third kappa shape index (κ3) is 3.29. The average molecular weight is 262 g/mol. The Balaban J connectivity index is 2.06. The molecule has 1 N–H and O–H groups in total. The number of aliphatic hydroxyl groups excluding tert-OH is 1. The van der Waals surface area contributed by atoms with Gasteiger partial charge in [0.1, 0.15) is 17.6 Å². The lowest BCUT2D eigenvalue weighted by molar-refractivity contribution is -0.274. The third-order valence-corrected chi connectivity index (χ3v) is 2.76. The van der Waals surface area contributed by atoms with E-state index in [4.69, 9.17) is 9.84 Å². The zero-order valence-corrected chi connectivity index (χ0v) is 9.70. The van der Waals surface area contributed by atoms with Crippen molar-refractivity contribution in [2.75, 3.05) is 0 Å². The highest BCUT2D eigenvalue weighted by Crippen LogP contribution is 2.32. The van der Waals surface area contributed by atoms with E-state index in [0.717, 1.165) is 0 Å². The summed E-state index contributed by atoms with van der Waals surface area (Å²) in [5.74, 6) is 0.0524. The van der Waals surface area contributed by atoms with Gasteiger partial charge in [-0.25, -0.2) is 0 Å². The Morgan fingerprint density at radius 2 is 1.94 bits per heavy atom. The topological polar surface area (TPSA) is 38.7 Å². The highest BCUT2D eigenvalue weighted by atomic mass is 19.4. The molecular weight excluding hydrogens is 249 g/mol. The zero-order valence-electron chi connectivity index (χ0n) is 9.70. The summed E-state index contributed by atoms with van der Waals surface area (Å²) >= 11 is 0. The van der Waals surface area contributed by atoms with Crippen molar-refractivity contribution in [1.82, 2.24) is 0 Å². The first-order valence-electron chi connectivity index (χ1n) is 5.54. The number of alkyl halides is 3. The summed E-state index contributed by atoms with van der Waals surface area (Å²) in [6.07, 6.45) is -4.21. The SMILES string of the molecule is Cc1ccc(O[C@H]2C[C@H](O)C2)cc1OC(F)(F)F. The Morgan fingerprint density at radius 1 is 1.28 bits per heavy atom. The lowest BCUT2D eigenvalue weighted by atomic mass is 9.92. The van der Waals surface area contributed by atoms with E-state index in [0.29, 0.717) is 24.2 Å². The molecular formula is C12H13F3O3. The fraction of sp³-hybridized carbons (Fsp3) is 0.500. The molecule has 0 amide bonds. The molecule has 2 rings (SSSR count). The second-order valence-electron chi connectivity index (χ2n) is 4.34. The van der Waals surface area contributed by atoms with Crippen molar-refractivity contribution >= 4 is 0 Å². The van der Waals surface area contributed by atoms with E-state index in [9.17, 15) is 13.2 Å². The summed E-state index contributed by atoms with van der Waals surface area (Å²) in [5, 5.41) is 9.09. The predicted molar refractivity (Wildman–Crippen MR) is 57.5 cm³/mol. The smallest absolute Gasteiger partial charge is 0.490 e. The third-order valence-electron chi connectivity index (χ3n) is 2.76. The molecule has 0 spiro atoms. The van der Waals surface area contributed by atoms with Crippen molar-refractivity contribution in [2.45, 2.75) is 38.3 Å². The van der Waals surface area contributed by atoms with Gasteiger partial charge < -0.3 is 14.6 Å². The van der Waals surface area contributed by atoms with E-state index in [1.807, 2.05) is 0 Å². The molecule has 3 nitrogen and oxygen atoms in total. The first kappa shape index (κ1) is 13.0. The normalized spacial score (nSPS) is 23.4. The first-order chi connectivity index (χ1) is 8.33. The minimum atomic E-state index is -4.71. The van der Waals surface area contributed by atoms with Gasteiger partial charge in [0.2, 0.25) is 0 Å². The number of halogens is 3. The number of hydrogen-bond donors (Lipinski definition) is 1. The molecule has 0 aliphatic heterocycles. The number of aliphatic hydroxyl groups is 1. The highest BCUT2D eigenvalue weighted by Gasteiger charge is 2.32. The van der Waals surface area contributed by atoms with E-state index in [1.54, 1.807) is 6.07 Å². The number of aryl methyl sites for hydroxylation is 1. The van der Waals surface area contributed by atoms with Crippen LogP contribution in [0.25, 0.3) is 0 Å². The Kier molecular flexibility index (Phi) is 3.38. The van der Waals surface area contributed by atoms with Gasteiger partial charge >= 0.3 is 6.36 Å². The van der Waals surface area contributed by atoms with Crippen LogP contribution in [-0.4, -0.2) is 23.7 Å². The number of hydrogen-bond acceptors (Lipinski definition) is 3. The Morgan fingerprint density at radius 3 is 2.50 bits per heavy atom.